The molecule has 2 aromatic carbocycles. The van der Waals surface area contributed by atoms with Crippen molar-refractivity contribution in [2.45, 2.75) is 33.1 Å². The number of fused-ring (bicyclic) bond motifs is 1. The normalized spacial score (nSPS) is 14.4. The predicted molar refractivity (Wildman–Crippen MR) is 140 cm³/mol. The van der Waals surface area contributed by atoms with Gasteiger partial charge in [0.15, 0.2) is 5.13 Å². The highest BCUT2D eigenvalue weighted by Crippen LogP contribution is 2.34. The van der Waals surface area contributed by atoms with Crippen molar-refractivity contribution in [1.82, 2.24) is 9.88 Å². The molecule has 0 radical (unpaired) electrons. The SMILES string of the molecule is CCCCOc1ccc(C(=O)N(CCCN2CCOCC2)c2nc3c(C)cc(Cl)cc3s2)cc1. The van der Waals surface area contributed by atoms with Crippen LogP contribution in [0, 0.1) is 6.92 Å². The summed E-state index contributed by atoms with van der Waals surface area (Å²) in [5, 5.41) is 1.39. The van der Waals surface area contributed by atoms with Crippen LogP contribution in [0.25, 0.3) is 10.2 Å². The molecule has 34 heavy (non-hydrogen) atoms. The van der Waals surface area contributed by atoms with Crippen molar-refractivity contribution in [2.75, 3.05) is 50.9 Å². The van der Waals surface area contributed by atoms with Crippen molar-refractivity contribution >= 4 is 44.2 Å². The second-order valence-corrected chi connectivity index (χ2v) is 10.0. The Morgan fingerprint density at radius 2 is 1.97 bits per heavy atom. The maximum absolute atomic E-state index is 13.6. The summed E-state index contributed by atoms with van der Waals surface area (Å²) in [6.45, 7) is 9.75. The topological polar surface area (TPSA) is 54.9 Å². The molecule has 182 valence electrons. The van der Waals surface area contributed by atoms with Gasteiger partial charge >= 0.3 is 0 Å². The molecule has 4 rings (SSSR count). The molecule has 6 nitrogen and oxygen atoms in total. The lowest BCUT2D eigenvalue weighted by Gasteiger charge is -2.27. The Hall–Kier alpha value is -2.19. The summed E-state index contributed by atoms with van der Waals surface area (Å²) in [5.41, 5.74) is 2.54. The number of thiazole rings is 1. The van der Waals surface area contributed by atoms with E-state index in [1.165, 1.54) is 11.3 Å². The Kier molecular flexibility index (Phi) is 8.78. The molecule has 0 N–H and O–H groups in total. The number of hydrogen-bond acceptors (Lipinski definition) is 6. The monoisotopic (exact) mass is 501 g/mol. The van der Waals surface area contributed by atoms with E-state index in [1.807, 2.05) is 48.2 Å². The lowest BCUT2D eigenvalue weighted by molar-refractivity contribution is 0.0376. The molecule has 1 aliphatic heterocycles. The summed E-state index contributed by atoms with van der Waals surface area (Å²) in [7, 11) is 0. The molecular weight excluding hydrogens is 470 g/mol. The molecule has 0 atom stereocenters. The van der Waals surface area contributed by atoms with Gasteiger partial charge in [-0.3, -0.25) is 14.6 Å². The van der Waals surface area contributed by atoms with E-state index in [1.54, 1.807) is 0 Å². The number of aromatic nitrogens is 1. The first kappa shape index (κ1) is 24.9. The van der Waals surface area contributed by atoms with E-state index < -0.39 is 0 Å². The van der Waals surface area contributed by atoms with Crippen LogP contribution >= 0.6 is 22.9 Å². The van der Waals surface area contributed by atoms with Crippen molar-refractivity contribution in [3.63, 3.8) is 0 Å². The van der Waals surface area contributed by atoms with Gasteiger partial charge in [-0.15, -0.1) is 0 Å². The van der Waals surface area contributed by atoms with Crippen LogP contribution in [0.15, 0.2) is 36.4 Å². The van der Waals surface area contributed by atoms with Crippen LogP contribution in [0.3, 0.4) is 0 Å². The first-order valence-electron chi connectivity index (χ1n) is 12.0. The Morgan fingerprint density at radius 3 is 2.71 bits per heavy atom. The number of ether oxygens (including phenoxy) is 2. The summed E-state index contributed by atoms with van der Waals surface area (Å²) < 4.78 is 12.2. The highest BCUT2D eigenvalue weighted by atomic mass is 35.5. The molecule has 0 unspecified atom stereocenters. The number of halogens is 1. The lowest BCUT2D eigenvalue weighted by Crippen LogP contribution is -2.39. The maximum atomic E-state index is 13.6. The summed E-state index contributed by atoms with van der Waals surface area (Å²) in [5.74, 6) is 0.735. The molecule has 0 spiro atoms. The Bertz CT molecular complexity index is 1100. The van der Waals surface area contributed by atoms with E-state index in [0.29, 0.717) is 28.9 Å². The van der Waals surface area contributed by atoms with Crippen LogP contribution in [-0.2, 0) is 4.74 Å². The van der Waals surface area contributed by atoms with E-state index in [4.69, 9.17) is 26.1 Å². The van der Waals surface area contributed by atoms with Crippen LogP contribution in [0.5, 0.6) is 5.75 Å². The second kappa shape index (κ2) is 12.0. The smallest absolute Gasteiger partial charge is 0.260 e. The average molecular weight is 502 g/mol. The number of nitrogens with zero attached hydrogens (tertiary/aromatic N) is 3. The number of benzene rings is 2. The Labute approximate surface area is 210 Å². The summed E-state index contributed by atoms with van der Waals surface area (Å²) in [4.78, 5) is 22.7. The van der Waals surface area contributed by atoms with Crippen molar-refractivity contribution in [3.8, 4) is 5.75 Å². The first-order chi connectivity index (χ1) is 16.5. The largest absolute Gasteiger partial charge is 0.494 e. The number of anilines is 1. The standard InChI is InChI=1S/C26H32ClN3O3S/c1-3-4-14-33-22-8-6-20(7-9-22)25(31)30(11-5-10-29-12-15-32-16-13-29)26-28-24-19(2)17-21(27)18-23(24)34-26/h6-9,17-18H,3-5,10-16H2,1-2H3. The fourth-order valence-corrected chi connectivity index (χ4v) is 5.45. The molecule has 1 amide bonds. The second-order valence-electron chi connectivity index (χ2n) is 8.56. The van der Waals surface area contributed by atoms with Crippen LogP contribution in [0.2, 0.25) is 5.02 Å². The van der Waals surface area contributed by atoms with Gasteiger partial charge in [0.1, 0.15) is 5.75 Å². The summed E-state index contributed by atoms with van der Waals surface area (Å²) in [6, 6.07) is 11.3. The summed E-state index contributed by atoms with van der Waals surface area (Å²) in [6.07, 6.45) is 2.96. The van der Waals surface area contributed by atoms with Gasteiger partial charge in [-0.2, -0.15) is 0 Å². The van der Waals surface area contributed by atoms with E-state index >= 15 is 0 Å². The van der Waals surface area contributed by atoms with Crippen molar-refractivity contribution < 1.29 is 14.3 Å². The summed E-state index contributed by atoms with van der Waals surface area (Å²) >= 11 is 7.78. The maximum Gasteiger partial charge on any atom is 0.260 e. The van der Waals surface area contributed by atoms with Crippen LogP contribution in [-0.4, -0.2) is 61.8 Å². The third-order valence-electron chi connectivity index (χ3n) is 5.94. The Morgan fingerprint density at radius 1 is 1.21 bits per heavy atom. The van der Waals surface area contributed by atoms with Gasteiger partial charge in [0, 0.05) is 36.8 Å². The van der Waals surface area contributed by atoms with Gasteiger partial charge in [0.25, 0.3) is 5.91 Å². The van der Waals surface area contributed by atoms with Crippen molar-refractivity contribution in [2.24, 2.45) is 0 Å². The average Bonchev–Trinajstić information content (AvgIpc) is 3.27. The van der Waals surface area contributed by atoms with Gasteiger partial charge in [0.05, 0.1) is 30.0 Å². The number of hydrogen-bond donors (Lipinski definition) is 0. The van der Waals surface area contributed by atoms with Crippen LogP contribution in [0.1, 0.15) is 42.1 Å². The lowest BCUT2D eigenvalue weighted by atomic mass is 10.2. The molecule has 2 heterocycles. The number of carbonyl (C=O) groups is 1. The predicted octanol–water partition coefficient (Wildman–Crippen LogP) is 5.81. The van der Waals surface area contributed by atoms with E-state index in [9.17, 15) is 4.79 Å². The molecular formula is C26H32ClN3O3S. The minimum atomic E-state index is -0.0510. The molecule has 8 heteroatoms. The minimum absolute atomic E-state index is 0.0510. The number of unbranched alkanes of at least 4 members (excludes halogenated alkanes) is 1. The van der Waals surface area contributed by atoms with Gasteiger partial charge in [0.2, 0.25) is 0 Å². The van der Waals surface area contributed by atoms with Gasteiger partial charge in [-0.05, 0) is 61.7 Å². The molecule has 1 fully saturated rings. The number of aryl methyl sites for hydroxylation is 1. The molecule has 0 bridgehead atoms. The molecule has 3 aromatic rings. The fraction of sp³-hybridized carbons (Fsp3) is 0.462. The van der Waals surface area contributed by atoms with E-state index in [2.05, 4.69) is 11.8 Å². The number of rotatable bonds is 10. The van der Waals surface area contributed by atoms with Gasteiger partial charge in [-0.25, -0.2) is 4.98 Å². The highest BCUT2D eigenvalue weighted by Gasteiger charge is 2.22. The molecule has 0 saturated carbocycles. The number of amides is 1. The third kappa shape index (κ3) is 6.27. The highest BCUT2D eigenvalue weighted by molar-refractivity contribution is 7.22. The molecule has 1 aromatic heterocycles. The van der Waals surface area contributed by atoms with E-state index in [-0.39, 0.29) is 5.91 Å². The third-order valence-corrected chi connectivity index (χ3v) is 7.19. The zero-order valence-corrected chi connectivity index (χ0v) is 21.5. The van der Waals surface area contributed by atoms with E-state index in [0.717, 1.165) is 73.6 Å². The zero-order valence-electron chi connectivity index (χ0n) is 19.9. The fourth-order valence-electron chi connectivity index (χ4n) is 4.00. The van der Waals surface area contributed by atoms with Crippen molar-refractivity contribution in [1.29, 1.82) is 0 Å². The molecule has 0 aliphatic carbocycles. The van der Waals surface area contributed by atoms with Crippen molar-refractivity contribution in [3.05, 3.63) is 52.5 Å². The molecule has 1 aliphatic rings. The van der Waals surface area contributed by atoms with Gasteiger partial charge in [-0.1, -0.05) is 36.3 Å². The Balaban J connectivity index is 1.54. The van der Waals surface area contributed by atoms with Gasteiger partial charge < -0.3 is 9.47 Å². The first-order valence-corrected chi connectivity index (χ1v) is 13.2. The number of morpholine rings is 1. The molecule has 1 saturated heterocycles. The van der Waals surface area contributed by atoms with Crippen LogP contribution in [0.4, 0.5) is 5.13 Å². The quantitative estimate of drug-likeness (QED) is 0.328. The van der Waals surface area contributed by atoms with Crippen LogP contribution < -0.4 is 9.64 Å². The zero-order chi connectivity index (χ0) is 23.9. The minimum Gasteiger partial charge on any atom is -0.494 e. The number of carbonyl (C=O) groups excluding carboxylic acids is 1.